The molecule has 1 aliphatic heterocycles. The molecule has 0 amide bonds. The van der Waals surface area contributed by atoms with Gasteiger partial charge in [0.2, 0.25) is 6.79 Å². The first-order valence-electron chi connectivity index (χ1n) is 6.91. The lowest BCUT2D eigenvalue weighted by Crippen LogP contribution is -2.38. The van der Waals surface area contributed by atoms with Gasteiger partial charge in [-0.1, -0.05) is 35.2 Å². The predicted molar refractivity (Wildman–Crippen MR) is 78.1 cm³/mol. The third kappa shape index (κ3) is 2.12. The summed E-state index contributed by atoms with van der Waals surface area (Å²) in [7, 11) is 0. The van der Waals surface area contributed by atoms with Gasteiger partial charge in [-0.25, -0.2) is 0 Å². The van der Waals surface area contributed by atoms with Gasteiger partial charge < -0.3 is 14.6 Å². The summed E-state index contributed by atoms with van der Waals surface area (Å²) in [5.41, 5.74) is -0.00158. The number of halogens is 1. The van der Waals surface area contributed by atoms with Crippen LogP contribution in [0.2, 0.25) is 0 Å². The first kappa shape index (κ1) is 14.4. The number of carboxylic acid groups (broad SMARTS) is 1. The molecule has 0 spiro atoms. The Morgan fingerprint density at radius 1 is 1.24 bits per heavy atom. The molecule has 1 heterocycles. The fraction of sp³-hybridized carbons (Fsp3) is 0.467. The van der Waals surface area contributed by atoms with Gasteiger partial charge in [-0.05, 0) is 18.9 Å². The number of aliphatic carboxylic acids is 1. The van der Waals surface area contributed by atoms with Crippen LogP contribution < -0.4 is 9.47 Å². The van der Waals surface area contributed by atoms with Gasteiger partial charge in [-0.2, -0.15) is 0 Å². The number of fused-ring (bicyclic) bond motifs is 1. The number of benzene rings is 1. The molecule has 2 aliphatic rings. The first-order chi connectivity index (χ1) is 10.1. The molecule has 6 heteroatoms. The lowest BCUT2D eigenvalue weighted by atomic mass is 9.69. The third-order valence-corrected chi connectivity index (χ3v) is 4.97. The van der Waals surface area contributed by atoms with Gasteiger partial charge in [0.05, 0.1) is 11.0 Å². The predicted octanol–water partition coefficient (Wildman–Crippen LogP) is 3.28. The van der Waals surface area contributed by atoms with Crippen LogP contribution in [0.15, 0.2) is 10.5 Å². The van der Waals surface area contributed by atoms with E-state index in [2.05, 4.69) is 15.9 Å². The van der Waals surface area contributed by atoms with Crippen LogP contribution in [-0.4, -0.2) is 24.2 Å². The second-order valence-electron chi connectivity index (χ2n) is 5.45. The lowest BCUT2D eigenvalue weighted by molar-refractivity contribution is -0.145. The Morgan fingerprint density at radius 3 is 2.52 bits per heavy atom. The van der Waals surface area contributed by atoms with Gasteiger partial charge in [-0.15, -0.1) is 0 Å². The Bertz CT molecular complexity index is 605. The summed E-state index contributed by atoms with van der Waals surface area (Å²) < 4.78 is 11.5. The Hall–Kier alpha value is -1.56. The molecule has 0 bridgehead atoms. The van der Waals surface area contributed by atoms with Crippen molar-refractivity contribution in [2.45, 2.75) is 37.5 Å². The van der Waals surface area contributed by atoms with E-state index in [1.165, 1.54) is 0 Å². The maximum Gasteiger partial charge on any atom is 0.314 e. The molecule has 0 unspecified atom stereocenters. The molecule has 112 valence electrons. The minimum atomic E-state index is -0.976. The molecule has 0 saturated heterocycles. The van der Waals surface area contributed by atoms with Crippen LogP contribution in [0.5, 0.6) is 11.5 Å². The van der Waals surface area contributed by atoms with Crippen molar-refractivity contribution < 1.29 is 24.2 Å². The van der Waals surface area contributed by atoms with E-state index < -0.39 is 11.4 Å². The van der Waals surface area contributed by atoms with E-state index in [4.69, 9.17) is 9.47 Å². The average molecular weight is 355 g/mol. The van der Waals surface area contributed by atoms with Crippen LogP contribution in [0.1, 0.15) is 48.0 Å². The van der Waals surface area contributed by atoms with E-state index in [0.717, 1.165) is 19.3 Å². The maximum absolute atomic E-state index is 12.0. The highest BCUT2D eigenvalue weighted by Gasteiger charge is 2.46. The second kappa shape index (κ2) is 5.33. The minimum Gasteiger partial charge on any atom is -0.481 e. The van der Waals surface area contributed by atoms with E-state index in [1.807, 2.05) is 0 Å². The highest BCUT2D eigenvalue weighted by atomic mass is 79.9. The van der Waals surface area contributed by atoms with Crippen LogP contribution in [0.25, 0.3) is 0 Å². The molecular formula is C15H15BrO5. The molecule has 3 rings (SSSR count). The number of ether oxygens (including phenoxy) is 2. The summed E-state index contributed by atoms with van der Waals surface area (Å²) >= 11 is 3.42. The SMILES string of the molecule is O=Cc1cc(Br)c(C2(C(=O)O)CCCCC2)c2c1OCO2. The van der Waals surface area contributed by atoms with Crippen molar-refractivity contribution in [1.29, 1.82) is 0 Å². The Balaban J connectivity index is 2.24. The molecule has 1 aromatic rings. The summed E-state index contributed by atoms with van der Waals surface area (Å²) in [6.45, 7) is 0.00925. The molecular weight excluding hydrogens is 340 g/mol. The number of carboxylic acids is 1. The first-order valence-corrected chi connectivity index (χ1v) is 7.70. The smallest absolute Gasteiger partial charge is 0.314 e. The zero-order valence-corrected chi connectivity index (χ0v) is 12.9. The number of hydrogen-bond donors (Lipinski definition) is 1. The van der Waals surface area contributed by atoms with Gasteiger partial charge in [0.25, 0.3) is 0 Å². The second-order valence-corrected chi connectivity index (χ2v) is 6.31. The number of hydrogen-bond acceptors (Lipinski definition) is 4. The third-order valence-electron chi connectivity index (χ3n) is 4.35. The molecule has 0 atom stereocenters. The van der Waals surface area contributed by atoms with Crippen molar-refractivity contribution in [2.75, 3.05) is 6.79 Å². The zero-order chi connectivity index (χ0) is 15.0. The van der Waals surface area contributed by atoms with Crippen LogP contribution >= 0.6 is 15.9 Å². The molecule has 5 nitrogen and oxygen atoms in total. The molecule has 0 radical (unpaired) electrons. The largest absolute Gasteiger partial charge is 0.481 e. The Kier molecular flexibility index (Phi) is 3.65. The number of carbonyl (C=O) groups excluding carboxylic acids is 1. The number of rotatable bonds is 3. The standard InChI is InChI=1S/C15H15BrO5/c16-10-6-9(7-17)12-13(21-8-20-12)11(10)15(14(18)19)4-2-1-3-5-15/h6-7H,1-5,8H2,(H,18,19). The fourth-order valence-electron chi connectivity index (χ4n) is 3.32. The van der Waals surface area contributed by atoms with Crippen molar-refractivity contribution in [3.05, 3.63) is 21.7 Å². The van der Waals surface area contributed by atoms with Gasteiger partial charge in [0, 0.05) is 10.0 Å². The Labute approximate surface area is 130 Å². The fourth-order valence-corrected chi connectivity index (χ4v) is 4.13. The van der Waals surface area contributed by atoms with Crippen molar-refractivity contribution >= 4 is 28.2 Å². The minimum absolute atomic E-state index is 0.00925. The molecule has 1 aliphatic carbocycles. The highest BCUT2D eigenvalue weighted by Crippen LogP contribution is 2.52. The van der Waals surface area contributed by atoms with Gasteiger partial charge in [0.1, 0.15) is 0 Å². The van der Waals surface area contributed by atoms with E-state index >= 15 is 0 Å². The molecule has 21 heavy (non-hydrogen) atoms. The van der Waals surface area contributed by atoms with E-state index in [9.17, 15) is 14.7 Å². The quantitative estimate of drug-likeness (QED) is 0.843. The summed E-state index contributed by atoms with van der Waals surface area (Å²) in [6.07, 6.45) is 4.59. The monoisotopic (exact) mass is 354 g/mol. The average Bonchev–Trinajstić information content (AvgIpc) is 2.96. The summed E-state index contributed by atoms with van der Waals surface area (Å²) in [5.74, 6) is -0.0929. The van der Waals surface area contributed by atoms with Crippen LogP contribution in [0.4, 0.5) is 0 Å². The van der Waals surface area contributed by atoms with E-state index in [1.54, 1.807) is 6.07 Å². The van der Waals surface area contributed by atoms with Crippen molar-refractivity contribution in [1.82, 2.24) is 0 Å². The molecule has 1 N–H and O–H groups in total. The summed E-state index contributed by atoms with van der Waals surface area (Å²) in [4.78, 5) is 23.1. The number of carbonyl (C=O) groups is 2. The Morgan fingerprint density at radius 2 is 1.90 bits per heavy atom. The normalized spacial score (nSPS) is 19.3. The maximum atomic E-state index is 12.0. The topological polar surface area (TPSA) is 72.8 Å². The van der Waals surface area contributed by atoms with Crippen LogP contribution in [0, 0.1) is 0 Å². The van der Waals surface area contributed by atoms with Crippen LogP contribution in [-0.2, 0) is 10.2 Å². The summed E-state index contributed by atoms with van der Waals surface area (Å²) in [6, 6.07) is 1.62. The van der Waals surface area contributed by atoms with Crippen LogP contribution in [0.3, 0.4) is 0 Å². The van der Waals surface area contributed by atoms with Gasteiger partial charge in [0.15, 0.2) is 17.8 Å². The van der Waals surface area contributed by atoms with Gasteiger partial charge in [-0.3, -0.25) is 9.59 Å². The molecule has 1 aromatic carbocycles. The zero-order valence-electron chi connectivity index (χ0n) is 11.4. The molecule has 1 saturated carbocycles. The van der Waals surface area contributed by atoms with Crippen molar-refractivity contribution in [2.24, 2.45) is 0 Å². The van der Waals surface area contributed by atoms with Crippen molar-refractivity contribution in [3.8, 4) is 11.5 Å². The van der Waals surface area contributed by atoms with Crippen molar-refractivity contribution in [3.63, 3.8) is 0 Å². The summed E-state index contributed by atoms with van der Waals surface area (Å²) in [5, 5.41) is 9.84. The molecule has 1 fully saturated rings. The highest BCUT2D eigenvalue weighted by molar-refractivity contribution is 9.10. The number of aldehydes is 1. The lowest BCUT2D eigenvalue weighted by Gasteiger charge is -2.35. The van der Waals surface area contributed by atoms with E-state index in [-0.39, 0.29) is 6.79 Å². The van der Waals surface area contributed by atoms with Gasteiger partial charge >= 0.3 is 5.97 Å². The molecule has 0 aromatic heterocycles. The van der Waals surface area contributed by atoms with E-state index in [0.29, 0.717) is 46.2 Å².